The van der Waals surface area contributed by atoms with Crippen molar-refractivity contribution in [2.45, 2.75) is 25.6 Å². The molecule has 0 aromatic heterocycles. The van der Waals surface area contributed by atoms with Crippen LogP contribution in [0.15, 0.2) is 18.2 Å². The highest BCUT2D eigenvalue weighted by Gasteiger charge is 2.36. The van der Waals surface area contributed by atoms with E-state index < -0.39 is 24.5 Å². The van der Waals surface area contributed by atoms with Gasteiger partial charge in [0.15, 0.2) is 0 Å². The second-order valence-electron chi connectivity index (χ2n) is 3.44. The lowest BCUT2D eigenvalue weighted by Crippen LogP contribution is -2.39. The van der Waals surface area contributed by atoms with Gasteiger partial charge in [-0.3, -0.25) is 0 Å². The summed E-state index contributed by atoms with van der Waals surface area (Å²) in [6.07, 6.45) is -4.85. The molecule has 1 unspecified atom stereocenters. The molecule has 0 fully saturated rings. The van der Waals surface area contributed by atoms with E-state index in [0.717, 1.165) is 6.07 Å². The predicted octanol–water partition coefficient (Wildman–Crippen LogP) is 2.57. The summed E-state index contributed by atoms with van der Waals surface area (Å²) in [5.74, 6) is -0.512. The van der Waals surface area contributed by atoms with E-state index in [0.29, 0.717) is 5.56 Å². The summed E-state index contributed by atoms with van der Waals surface area (Å²) < 4.78 is 49.3. The lowest BCUT2D eigenvalue weighted by atomic mass is 10.0. The molecule has 0 aliphatic carbocycles. The number of nitrogens with two attached hydrogens (primary N) is 1. The average Bonchev–Trinajstić information content (AvgIpc) is 2.10. The van der Waals surface area contributed by atoms with Crippen LogP contribution in [0.2, 0.25) is 0 Å². The number of rotatable bonds is 2. The summed E-state index contributed by atoms with van der Waals surface area (Å²) in [5.41, 5.74) is 5.58. The van der Waals surface area contributed by atoms with E-state index >= 15 is 0 Å². The van der Waals surface area contributed by atoms with E-state index in [2.05, 4.69) is 0 Å². The van der Waals surface area contributed by atoms with Crippen molar-refractivity contribution in [2.75, 3.05) is 0 Å². The van der Waals surface area contributed by atoms with Gasteiger partial charge in [-0.15, -0.1) is 0 Å². The predicted molar refractivity (Wildman–Crippen MR) is 48.9 cm³/mol. The summed E-state index contributed by atoms with van der Waals surface area (Å²) in [6, 6.07) is 2.03. The van der Waals surface area contributed by atoms with Crippen molar-refractivity contribution in [3.8, 4) is 0 Å². The summed E-state index contributed by atoms with van der Waals surface area (Å²) >= 11 is 0. The Morgan fingerprint density at radius 2 is 1.93 bits per heavy atom. The Kier molecular flexibility index (Phi) is 3.34. The second-order valence-corrected chi connectivity index (χ2v) is 3.44. The normalized spacial score (nSPS) is 14.0. The van der Waals surface area contributed by atoms with Crippen LogP contribution in [-0.4, -0.2) is 12.2 Å². The molecule has 1 aromatic rings. The van der Waals surface area contributed by atoms with Crippen molar-refractivity contribution in [3.05, 3.63) is 35.1 Å². The summed E-state index contributed by atoms with van der Waals surface area (Å²) in [6.45, 7) is 1.54. The number of alkyl halides is 3. The number of hydrogen-bond acceptors (Lipinski definition) is 1. The molecule has 15 heavy (non-hydrogen) atoms. The highest BCUT2D eigenvalue weighted by molar-refractivity contribution is 5.24. The molecule has 0 heterocycles. The van der Waals surface area contributed by atoms with Gasteiger partial charge >= 0.3 is 6.18 Å². The van der Waals surface area contributed by atoms with E-state index in [-0.39, 0.29) is 5.56 Å². The van der Waals surface area contributed by atoms with Crippen molar-refractivity contribution < 1.29 is 17.6 Å². The first-order valence-corrected chi connectivity index (χ1v) is 4.38. The molecule has 1 nitrogen and oxygen atoms in total. The van der Waals surface area contributed by atoms with Gasteiger partial charge in [-0.25, -0.2) is 4.39 Å². The summed E-state index contributed by atoms with van der Waals surface area (Å²) in [7, 11) is 0. The third-order valence-corrected chi connectivity index (χ3v) is 2.11. The molecule has 1 aromatic carbocycles. The van der Waals surface area contributed by atoms with Crippen molar-refractivity contribution >= 4 is 0 Å². The number of aryl methyl sites for hydroxylation is 1. The Labute approximate surface area is 84.9 Å². The van der Waals surface area contributed by atoms with Crippen molar-refractivity contribution in [2.24, 2.45) is 5.73 Å². The molecule has 0 spiro atoms. The Bertz CT molecular complexity index is 346. The maximum atomic E-state index is 13.0. The van der Waals surface area contributed by atoms with Crippen LogP contribution in [0.4, 0.5) is 17.6 Å². The van der Waals surface area contributed by atoms with Crippen molar-refractivity contribution in [1.29, 1.82) is 0 Å². The number of benzene rings is 1. The minimum Gasteiger partial charge on any atom is -0.320 e. The maximum absolute atomic E-state index is 13.0. The minimum atomic E-state index is -4.44. The van der Waals surface area contributed by atoms with E-state index in [1.165, 1.54) is 12.1 Å². The Morgan fingerprint density at radius 3 is 2.40 bits per heavy atom. The monoisotopic (exact) mass is 221 g/mol. The Balaban J connectivity index is 2.78. The summed E-state index contributed by atoms with van der Waals surface area (Å²) in [5, 5.41) is 0. The first kappa shape index (κ1) is 12.0. The highest BCUT2D eigenvalue weighted by Crippen LogP contribution is 2.22. The van der Waals surface area contributed by atoms with Crippen LogP contribution in [0.3, 0.4) is 0 Å². The van der Waals surface area contributed by atoms with Crippen molar-refractivity contribution in [1.82, 2.24) is 0 Å². The van der Waals surface area contributed by atoms with Crippen LogP contribution in [0, 0.1) is 12.7 Å². The Morgan fingerprint density at radius 1 is 1.33 bits per heavy atom. The highest BCUT2D eigenvalue weighted by atomic mass is 19.4. The van der Waals surface area contributed by atoms with Gasteiger partial charge < -0.3 is 5.73 Å². The van der Waals surface area contributed by atoms with Crippen LogP contribution in [-0.2, 0) is 6.42 Å². The fourth-order valence-corrected chi connectivity index (χ4v) is 1.13. The van der Waals surface area contributed by atoms with Crippen LogP contribution in [0.5, 0.6) is 0 Å². The molecule has 0 aliphatic heterocycles. The largest absolute Gasteiger partial charge is 0.403 e. The Hall–Kier alpha value is -1.10. The average molecular weight is 221 g/mol. The first-order valence-electron chi connectivity index (χ1n) is 4.38. The molecule has 0 amide bonds. The fourth-order valence-electron chi connectivity index (χ4n) is 1.13. The molecule has 0 saturated heterocycles. The second kappa shape index (κ2) is 4.18. The van der Waals surface area contributed by atoms with Gasteiger partial charge in [0.2, 0.25) is 0 Å². The van der Waals surface area contributed by atoms with Gasteiger partial charge in [0.05, 0.1) is 0 Å². The molecule has 5 heteroatoms. The first-order chi connectivity index (χ1) is 6.80. The zero-order chi connectivity index (χ0) is 11.6. The smallest absolute Gasteiger partial charge is 0.320 e. The standard InChI is InChI=1S/C10H11F4N/c1-6-2-3-7(4-8(6)11)5-9(15)10(12,13)14/h2-4,9H,5,15H2,1H3. The van der Waals surface area contributed by atoms with Gasteiger partial charge in [-0.1, -0.05) is 12.1 Å². The van der Waals surface area contributed by atoms with Crippen LogP contribution in [0.1, 0.15) is 11.1 Å². The molecule has 0 radical (unpaired) electrons. The van der Waals surface area contributed by atoms with Crippen LogP contribution < -0.4 is 5.73 Å². The molecule has 1 atom stereocenters. The van der Waals surface area contributed by atoms with Crippen LogP contribution in [0.25, 0.3) is 0 Å². The topological polar surface area (TPSA) is 26.0 Å². The fraction of sp³-hybridized carbons (Fsp3) is 0.400. The van der Waals surface area contributed by atoms with E-state index in [1.807, 2.05) is 0 Å². The molecule has 0 aliphatic rings. The lowest BCUT2D eigenvalue weighted by molar-refractivity contribution is -0.147. The molecule has 1 rings (SSSR count). The molecule has 84 valence electrons. The number of hydrogen-bond donors (Lipinski definition) is 1. The van der Waals surface area contributed by atoms with E-state index in [4.69, 9.17) is 5.73 Å². The van der Waals surface area contributed by atoms with Gasteiger partial charge in [0, 0.05) is 0 Å². The van der Waals surface area contributed by atoms with Gasteiger partial charge in [0.1, 0.15) is 11.9 Å². The summed E-state index contributed by atoms with van der Waals surface area (Å²) in [4.78, 5) is 0. The number of halogens is 4. The van der Waals surface area contributed by atoms with Crippen LogP contribution >= 0.6 is 0 Å². The zero-order valence-electron chi connectivity index (χ0n) is 8.11. The third kappa shape index (κ3) is 3.20. The quantitative estimate of drug-likeness (QED) is 0.763. The van der Waals surface area contributed by atoms with Gasteiger partial charge in [-0.2, -0.15) is 13.2 Å². The third-order valence-electron chi connectivity index (χ3n) is 2.11. The molecular weight excluding hydrogens is 210 g/mol. The molecule has 0 saturated carbocycles. The minimum absolute atomic E-state index is 0.253. The lowest BCUT2D eigenvalue weighted by Gasteiger charge is -2.15. The van der Waals surface area contributed by atoms with Gasteiger partial charge in [0.25, 0.3) is 0 Å². The van der Waals surface area contributed by atoms with Gasteiger partial charge in [-0.05, 0) is 30.5 Å². The van der Waals surface area contributed by atoms with E-state index in [1.54, 1.807) is 6.92 Å². The maximum Gasteiger partial charge on any atom is 0.403 e. The molecule has 2 N–H and O–H groups in total. The zero-order valence-corrected chi connectivity index (χ0v) is 8.11. The molecule has 0 bridgehead atoms. The van der Waals surface area contributed by atoms with E-state index in [9.17, 15) is 17.6 Å². The molecular formula is C10H11F4N. The SMILES string of the molecule is Cc1ccc(CC(N)C(F)(F)F)cc1F. The van der Waals surface area contributed by atoms with Crippen molar-refractivity contribution in [3.63, 3.8) is 0 Å².